The zero-order valence-corrected chi connectivity index (χ0v) is 9.05. The fraction of sp³-hybridized carbons (Fsp3) is 0.364. The zero-order chi connectivity index (χ0) is 10.7. The van der Waals surface area contributed by atoms with Crippen LogP contribution in [-0.2, 0) is 4.79 Å². The Morgan fingerprint density at radius 2 is 2.40 bits per heavy atom. The molecule has 1 fully saturated rings. The van der Waals surface area contributed by atoms with Crippen molar-refractivity contribution in [1.29, 1.82) is 0 Å². The molecule has 3 nitrogen and oxygen atoms in total. The summed E-state index contributed by atoms with van der Waals surface area (Å²) in [7, 11) is 0. The number of carbonyl (C=O) groups excluding carboxylic acids is 1. The molecule has 0 unspecified atom stereocenters. The SMILES string of the molecule is O=C(Nc1cccc(Cl)c1)[C@H]1CCCN1. The first-order valence-electron chi connectivity index (χ1n) is 5.05. The predicted octanol–water partition coefficient (Wildman–Crippen LogP) is 2.03. The number of rotatable bonds is 2. The van der Waals surface area contributed by atoms with Crippen molar-refractivity contribution in [3.63, 3.8) is 0 Å². The van der Waals surface area contributed by atoms with E-state index in [2.05, 4.69) is 10.6 Å². The van der Waals surface area contributed by atoms with Crippen molar-refractivity contribution in [3.05, 3.63) is 29.3 Å². The van der Waals surface area contributed by atoms with Gasteiger partial charge in [0.1, 0.15) is 0 Å². The van der Waals surface area contributed by atoms with Crippen LogP contribution in [0.4, 0.5) is 5.69 Å². The van der Waals surface area contributed by atoms with Gasteiger partial charge in [-0.2, -0.15) is 0 Å². The van der Waals surface area contributed by atoms with Gasteiger partial charge in [-0.3, -0.25) is 4.79 Å². The lowest BCUT2D eigenvalue weighted by molar-refractivity contribution is -0.117. The predicted molar refractivity (Wildman–Crippen MR) is 61.1 cm³/mol. The molecule has 1 atom stereocenters. The number of benzene rings is 1. The monoisotopic (exact) mass is 224 g/mol. The van der Waals surface area contributed by atoms with Gasteiger partial charge in [0.25, 0.3) is 0 Å². The van der Waals surface area contributed by atoms with Crippen molar-refractivity contribution in [2.24, 2.45) is 0 Å². The normalized spacial score (nSPS) is 20.2. The topological polar surface area (TPSA) is 41.1 Å². The van der Waals surface area contributed by atoms with E-state index >= 15 is 0 Å². The van der Waals surface area contributed by atoms with Crippen molar-refractivity contribution < 1.29 is 4.79 Å². The molecule has 0 saturated carbocycles. The van der Waals surface area contributed by atoms with Crippen LogP contribution in [0.1, 0.15) is 12.8 Å². The van der Waals surface area contributed by atoms with E-state index in [4.69, 9.17) is 11.6 Å². The maximum atomic E-state index is 11.7. The molecule has 1 aliphatic rings. The highest BCUT2D eigenvalue weighted by Crippen LogP contribution is 2.16. The van der Waals surface area contributed by atoms with E-state index in [1.165, 1.54) is 0 Å². The van der Waals surface area contributed by atoms with E-state index in [9.17, 15) is 4.79 Å². The minimum absolute atomic E-state index is 0.0229. The van der Waals surface area contributed by atoms with Crippen LogP contribution < -0.4 is 10.6 Å². The summed E-state index contributed by atoms with van der Waals surface area (Å²) in [6.07, 6.45) is 1.97. The smallest absolute Gasteiger partial charge is 0.241 e. The first-order valence-corrected chi connectivity index (χ1v) is 5.43. The van der Waals surface area contributed by atoms with E-state index in [0.717, 1.165) is 25.1 Å². The second-order valence-electron chi connectivity index (χ2n) is 3.65. The molecule has 1 saturated heterocycles. The third-order valence-corrected chi connectivity index (χ3v) is 2.70. The van der Waals surface area contributed by atoms with Crippen LogP contribution in [0, 0.1) is 0 Å². The Morgan fingerprint density at radius 1 is 1.53 bits per heavy atom. The number of anilines is 1. The first kappa shape index (κ1) is 10.5. The highest BCUT2D eigenvalue weighted by Gasteiger charge is 2.21. The molecule has 1 aromatic rings. The minimum Gasteiger partial charge on any atom is -0.325 e. The molecule has 0 radical (unpaired) electrons. The number of nitrogens with one attached hydrogen (secondary N) is 2. The second kappa shape index (κ2) is 4.64. The molecule has 0 aliphatic carbocycles. The lowest BCUT2D eigenvalue weighted by Crippen LogP contribution is -2.35. The summed E-state index contributed by atoms with van der Waals surface area (Å²) in [6.45, 7) is 0.924. The summed E-state index contributed by atoms with van der Waals surface area (Å²) >= 11 is 5.82. The van der Waals surface area contributed by atoms with Crippen molar-refractivity contribution in [2.45, 2.75) is 18.9 Å². The Labute approximate surface area is 93.8 Å². The Hall–Kier alpha value is -1.06. The Bertz CT molecular complexity index is 361. The number of carbonyl (C=O) groups is 1. The highest BCUT2D eigenvalue weighted by atomic mass is 35.5. The van der Waals surface area contributed by atoms with E-state index in [0.29, 0.717) is 5.02 Å². The molecule has 4 heteroatoms. The van der Waals surface area contributed by atoms with Crippen LogP contribution in [-0.4, -0.2) is 18.5 Å². The molecule has 2 rings (SSSR count). The molecule has 1 aliphatic heterocycles. The van der Waals surface area contributed by atoms with Gasteiger partial charge in [-0.25, -0.2) is 0 Å². The highest BCUT2D eigenvalue weighted by molar-refractivity contribution is 6.30. The third-order valence-electron chi connectivity index (χ3n) is 2.47. The summed E-state index contributed by atoms with van der Waals surface area (Å²) in [5.74, 6) is 0.0229. The Balaban J connectivity index is 1.99. The van der Waals surface area contributed by atoms with E-state index < -0.39 is 0 Å². The maximum Gasteiger partial charge on any atom is 0.241 e. The Morgan fingerprint density at radius 3 is 3.07 bits per heavy atom. The second-order valence-corrected chi connectivity index (χ2v) is 4.08. The molecular formula is C11H13ClN2O. The summed E-state index contributed by atoms with van der Waals surface area (Å²) in [4.78, 5) is 11.7. The average Bonchev–Trinajstić information content (AvgIpc) is 2.70. The van der Waals surface area contributed by atoms with E-state index in [1.54, 1.807) is 12.1 Å². The molecule has 0 bridgehead atoms. The van der Waals surface area contributed by atoms with Crippen LogP contribution in [0.15, 0.2) is 24.3 Å². The molecule has 1 heterocycles. The van der Waals surface area contributed by atoms with Gasteiger partial charge in [-0.15, -0.1) is 0 Å². The summed E-state index contributed by atoms with van der Waals surface area (Å²) < 4.78 is 0. The molecule has 15 heavy (non-hydrogen) atoms. The standard InChI is InChI=1S/C11H13ClN2O/c12-8-3-1-4-9(7-8)14-11(15)10-5-2-6-13-10/h1,3-4,7,10,13H,2,5-6H2,(H,14,15)/t10-/m1/s1. The van der Waals surface area contributed by atoms with Crippen LogP contribution in [0.2, 0.25) is 5.02 Å². The fourth-order valence-corrected chi connectivity index (χ4v) is 1.89. The lowest BCUT2D eigenvalue weighted by atomic mass is 10.2. The van der Waals surface area contributed by atoms with Crippen molar-refractivity contribution >= 4 is 23.2 Å². The maximum absolute atomic E-state index is 11.7. The van der Waals surface area contributed by atoms with Gasteiger partial charge >= 0.3 is 0 Å². The molecule has 2 N–H and O–H groups in total. The van der Waals surface area contributed by atoms with Crippen LogP contribution >= 0.6 is 11.6 Å². The van der Waals surface area contributed by atoms with Gasteiger partial charge in [0.2, 0.25) is 5.91 Å². The van der Waals surface area contributed by atoms with Gasteiger partial charge < -0.3 is 10.6 Å². The van der Waals surface area contributed by atoms with Crippen LogP contribution in [0.3, 0.4) is 0 Å². The quantitative estimate of drug-likeness (QED) is 0.807. The van der Waals surface area contributed by atoms with Crippen LogP contribution in [0.5, 0.6) is 0 Å². The van der Waals surface area contributed by atoms with Gasteiger partial charge in [0.05, 0.1) is 6.04 Å². The molecule has 0 aromatic heterocycles. The number of halogens is 1. The fourth-order valence-electron chi connectivity index (χ4n) is 1.70. The largest absolute Gasteiger partial charge is 0.325 e. The van der Waals surface area contributed by atoms with Gasteiger partial charge in [0, 0.05) is 10.7 Å². The number of hydrogen-bond acceptors (Lipinski definition) is 2. The molecule has 1 amide bonds. The average molecular weight is 225 g/mol. The zero-order valence-electron chi connectivity index (χ0n) is 8.29. The Kier molecular flexibility index (Phi) is 3.23. The molecule has 80 valence electrons. The van der Waals surface area contributed by atoms with Crippen molar-refractivity contribution in [3.8, 4) is 0 Å². The molecular weight excluding hydrogens is 212 g/mol. The van der Waals surface area contributed by atoms with Gasteiger partial charge in [0.15, 0.2) is 0 Å². The third kappa shape index (κ3) is 2.70. The van der Waals surface area contributed by atoms with E-state index in [-0.39, 0.29) is 11.9 Å². The van der Waals surface area contributed by atoms with Crippen LogP contribution in [0.25, 0.3) is 0 Å². The molecule has 1 aromatic carbocycles. The van der Waals surface area contributed by atoms with Gasteiger partial charge in [-0.05, 0) is 37.6 Å². The summed E-state index contributed by atoms with van der Waals surface area (Å²) in [6, 6.07) is 7.13. The lowest BCUT2D eigenvalue weighted by Gasteiger charge is -2.10. The number of amides is 1. The molecule has 0 spiro atoms. The first-order chi connectivity index (χ1) is 7.25. The van der Waals surface area contributed by atoms with E-state index in [1.807, 2.05) is 12.1 Å². The number of hydrogen-bond donors (Lipinski definition) is 2. The van der Waals surface area contributed by atoms with Crippen molar-refractivity contribution in [1.82, 2.24) is 5.32 Å². The van der Waals surface area contributed by atoms with Gasteiger partial charge in [-0.1, -0.05) is 17.7 Å². The van der Waals surface area contributed by atoms with Crippen molar-refractivity contribution in [2.75, 3.05) is 11.9 Å². The summed E-state index contributed by atoms with van der Waals surface area (Å²) in [5.41, 5.74) is 0.751. The summed E-state index contributed by atoms with van der Waals surface area (Å²) in [5, 5.41) is 6.62. The minimum atomic E-state index is -0.0519.